The summed E-state index contributed by atoms with van der Waals surface area (Å²) >= 11 is 0. The first-order valence-corrected chi connectivity index (χ1v) is 6.86. The number of nitrogens with one attached hydrogen (secondary N) is 1. The van der Waals surface area contributed by atoms with Crippen LogP contribution in [-0.4, -0.2) is 31.8 Å². The minimum absolute atomic E-state index is 0.225. The Morgan fingerprint density at radius 1 is 1.39 bits per heavy atom. The molecule has 0 fully saturated rings. The molecule has 18 heavy (non-hydrogen) atoms. The van der Waals surface area contributed by atoms with Gasteiger partial charge >= 0.3 is 0 Å². The van der Waals surface area contributed by atoms with Gasteiger partial charge in [-0.25, -0.2) is 4.98 Å². The van der Waals surface area contributed by atoms with Crippen LogP contribution >= 0.6 is 0 Å². The molecule has 0 amide bonds. The highest BCUT2D eigenvalue weighted by molar-refractivity contribution is 7.87. The normalized spacial score (nSPS) is 12.4. The smallest absolute Gasteiger partial charge is 0.279 e. The van der Waals surface area contributed by atoms with Crippen LogP contribution in [0.3, 0.4) is 0 Å². The summed E-state index contributed by atoms with van der Waals surface area (Å²) < 4.78 is 32.1. The average molecular weight is 269 g/mol. The first kappa shape index (κ1) is 13.0. The summed E-state index contributed by atoms with van der Waals surface area (Å²) in [7, 11) is -0.448. The standard InChI is InChI=1S/C11H15N3O3S/c1-8-13-10-6-9(4-5-11(10)17-8)7-12-18(15,16)14(2)3/h4-6,12H,7H2,1-3H3. The number of benzene rings is 1. The maximum atomic E-state index is 11.6. The predicted molar refractivity (Wildman–Crippen MR) is 68.2 cm³/mol. The molecular weight excluding hydrogens is 254 g/mol. The van der Waals surface area contributed by atoms with E-state index in [-0.39, 0.29) is 6.54 Å². The maximum absolute atomic E-state index is 11.6. The molecule has 7 heteroatoms. The summed E-state index contributed by atoms with van der Waals surface area (Å²) in [6, 6.07) is 5.41. The van der Waals surface area contributed by atoms with E-state index in [1.807, 2.05) is 12.1 Å². The predicted octanol–water partition coefficient (Wildman–Crippen LogP) is 1.03. The lowest BCUT2D eigenvalue weighted by atomic mass is 10.2. The summed E-state index contributed by atoms with van der Waals surface area (Å²) in [5.74, 6) is 0.594. The molecular formula is C11H15N3O3S. The van der Waals surface area contributed by atoms with E-state index in [9.17, 15) is 8.42 Å². The zero-order valence-corrected chi connectivity index (χ0v) is 11.3. The summed E-state index contributed by atoms with van der Waals surface area (Å²) in [4.78, 5) is 4.20. The molecule has 0 unspecified atom stereocenters. The molecule has 1 aromatic heterocycles. The number of rotatable bonds is 4. The second kappa shape index (κ2) is 4.68. The zero-order chi connectivity index (χ0) is 13.3. The number of fused-ring (bicyclic) bond motifs is 1. The highest BCUT2D eigenvalue weighted by Gasteiger charge is 2.12. The Morgan fingerprint density at radius 2 is 2.11 bits per heavy atom. The summed E-state index contributed by atoms with van der Waals surface area (Å²) in [6.45, 7) is 2.00. The highest BCUT2D eigenvalue weighted by Crippen LogP contribution is 2.16. The number of nitrogens with zero attached hydrogens (tertiary/aromatic N) is 2. The van der Waals surface area contributed by atoms with Crippen LogP contribution in [0.15, 0.2) is 22.6 Å². The van der Waals surface area contributed by atoms with Crippen LogP contribution < -0.4 is 4.72 Å². The Morgan fingerprint density at radius 3 is 2.78 bits per heavy atom. The van der Waals surface area contributed by atoms with Crippen LogP contribution in [0.2, 0.25) is 0 Å². The monoisotopic (exact) mass is 269 g/mol. The molecule has 1 N–H and O–H groups in total. The fraction of sp³-hybridized carbons (Fsp3) is 0.364. The van der Waals surface area contributed by atoms with Crippen LogP contribution in [0.4, 0.5) is 0 Å². The van der Waals surface area contributed by atoms with Crippen molar-refractivity contribution in [3.8, 4) is 0 Å². The number of hydrogen-bond donors (Lipinski definition) is 1. The SMILES string of the molecule is Cc1nc2cc(CNS(=O)(=O)N(C)C)ccc2o1. The molecule has 2 rings (SSSR count). The van der Waals surface area contributed by atoms with Gasteiger partial charge in [0.2, 0.25) is 0 Å². The second-order valence-corrected chi connectivity index (χ2v) is 6.11. The molecule has 0 aliphatic carbocycles. The number of hydrogen-bond acceptors (Lipinski definition) is 4. The van der Waals surface area contributed by atoms with Crippen LogP contribution in [0.1, 0.15) is 11.5 Å². The van der Waals surface area contributed by atoms with Crippen molar-refractivity contribution >= 4 is 21.3 Å². The molecule has 0 aliphatic rings. The summed E-state index contributed by atoms with van der Waals surface area (Å²) in [5, 5.41) is 0. The Kier molecular flexibility index (Phi) is 3.38. The topological polar surface area (TPSA) is 75.4 Å². The maximum Gasteiger partial charge on any atom is 0.279 e. The van der Waals surface area contributed by atoms with E-state index in [1.165, 1.54) is 14.1 Å². The van der Waals surface area contributed by atoms with Gasteiger partial charge in [0, 0.05) is 27.6 Å². The molecule has 1 heterocycles. The molecule has 0 bridgehead atoms. The number of aromatic nitrogens is 1. The highest BCUT2D eigenvalue weighted by atomic mass is 32.2. The van der Waals surface area contributed by atoms with Crippen molar-refractivity contribution in [2.24, 2.45) is 0 Å². The molecule has 1 aromatic carbocycles. The van der Waals surface area contributed by atoms with Gasteiger partial charge in [-0.15, -0.1) is 0 Å². The molecule has 2 aromatic rings. The molecule has 0 saturated heterocycles. The van der Waals surface area contributed by atoms with E-state index in [0.29, 0.717) is 11.5 Å². The lowest BCUT2D eigenvalue weighted by Crippen LogP contribution is -2.35. The van der Waals surface area contributed by atoms with Gasteiger partial charge in [0.15, 0.2) is 11.5 Å². The Hall–Kier alpha value is -1.44. The van der Waals surface area contributed by atoms with Gasteiger partial charge < -0.3 is 4.42 Å². The van der Waals surface area contributed by atoms with Crippen molar-refractivity contribution in [2.45, 2.75) is 13.5 Å². The molecule has 0 saturated carbocycles. The molecule has 0 atom stereocenters. The number of aryl methyl sites for hydroxylation is 1. The Labute approximate surface area is 106 Å². The third kappa shape index (κ3) is 2.69. The van der Waals surface area contributed by atoms with Crippen molar-refractivity contribution in [1.82, 2.24) is 14.0 Å². The van der Waals surface area contributed by atoms with Crippen LogP contribution in [0.5, 0.6) is 0 Å². The van der Waals surface area contributed by atoms with Gasteiger partial charge in [-0.05, 0) is 17.7 Å². The third-order valence-corrected chi connectivity index (χ3v) is 3.97. The first-order chi connectivity index (χ1) is 8.38. The first-order valence-electron chi connectivity index (χ1n) is 5.42. The van der Waals surface area contributed by atoms with Crippen molar-refractivity contribution in [3.05, 3.63) is 29.7 Å². The summed E-state index contributed by atoms with van der Waals surface area (Å²) in [6.07, 6.45) is 0. The van der Waals surface area contributed by atoms with Crippen molar-refractivity contribution in [1.29, 1.82) is 0 Å². The van der Waals surface area contributed by atoms with E-state index in [1.54, 1.807) is 13.0 Å². The number of oxazole rings is 1. The van der Waals surface area contributed by atoms with Gasteiger partial charge in [-0.3, -0.25) is 0 Å². The van der Waals surface area contributed by atoms with Crippen molar-refractivity contribution in [2.75, 3.05) is 14.1 Å². The van der Waals surface area contributed by atoms with E-state index >= 15 is 0 Å². The van der Waals surface area contributed by atoms with E-state index in [2.05, 4.69) is 9.71 Å². The second-order valence-electron chi connectivity index (χ2n) is 4.14. The van der Waals surface area contributed by atoms with Crippen LogP contribution in [-0.2, 0) is 16.8 Å². The lowest BCUT2D eigenvalue weighted by Gasteiger charge is -2.12. The van der Waals surface area contributed by atoms with E-state index in [0.717, 1.165) is 15.4 Å². The Balaban J connectivity index is 2.17. The lowest BCUT2D eigenvalue weighted by molar-refractivity contribution is 0.505. The molecule has 0 spiro atoms. The van der Waals surface area contributed by atoms with Crippen LogP contribution in [0, 0.1) is 6.92 Å². The van der Waals surface area contributed by atoms with Crippen LogP contribution in [0.25, 0.3) is 11.1 Å². The molecule has 0 radical (unpaired) electrons. The fourth-order valence-electron chi connectivity index (χ4n) is 1.50. The quantitative estimate of drug-likeness (QED) is 0.899. The van der Waals surface area contributed by atoms with Gasteiger partial charge in [0.05, 0.1) is 0 Å². The minimum atomic E-state index is -3.40. The Bertz CT molecular complexity index is 661. The molecule has 98 valence electrons. The van der Waals surface area contributed by atoms with Crippen molar-refractivity contribution < 1.29 is 12.8 Å². The largest absolute Gasteiger partial charge is 0.441 e. The third-order valence-electron chi connectivity index (χ3n) is 2.50. The van der Waals surface area contributed by atoms with E-state index in [4.69, 9.17) is 4.42 Å². The van der Waals surface area contributed by atoms with Gasteiger partial charge in [0.25, 0.3) is 10.2 Å². The molecule has 6 nitrogen and oxygen atoms in total. The van der Waals surface area contributed by atoms with Gasteiger partial charge in [-0.2, -0.15) is 17.4 Å². The minimum Gasteiger partial charge on any atom is -0.441 e. The summed E-state index contributed by atoms with van der Waals surface area (Å²) in [5.41, 5.74) is 2.27. The average Bonchev–Trinajstić information content (AvgIpc) is 2.65. The van der Waals surface area contributed by atoms with Crippen molar-refractivity contribution in [3.63, 3.8) is 0 Å². The fourth-order valence-corrected chi connectivity index (χ4v) is 2.11. The van der Waals surface area contributed by atoms with Gasteiger partial charge in [0.1, 0.15) is 5.52 Å². The zero-order valence-electron chi connectivity index (χ0n) is 10.5. The molecule has 0 aliphatic heterocycles. The van der Waals surface area contributed by atoms with E-state index < -0.39 is 10.2 Å². The van der Waals surface area contributed by atoms with Gasteiger partial charge in [-0.1, -0.05) is 6.07 Å².